The molecule has 4 aromatic rings. The predicted octanol–water partition coefficient (Wildman–Crippen LogP) is 6.53. The van der Waals surface area contributed by atoms with Crippen LogP contribution in [0.4, 0.5) is 0 Å². The number of aryl methyl sites for hydroxylation is 1. The number of methoxy groups -OCH3 is 2. The number of carbonyl (C=O) groups excluding carboxylic acids is 1. The molecule has 1 aliphatic heterocycles. The Morgan fingerprint density at radius 3 is 2.42 bits per heavy atom. The third kappa shape index (κ3) is 5.56. The van der Waals surface area contributed by atoms with Crippen LogP contribution in [0.25, 0.3) is 17.0 Å². The SMILES string of the molecule is COc1ccc(CN2C(=O)/C(=C/c3cn(CCCOc4ccccc4OC)c4ccccc34)SC2=S)cc1. The maximum atomic E-state index is 13.3. The van der Waals surface area contributed by atoms with Gasteiger partial charge in [0.25, 0.3) is 5.91 Å². The summed E-state index contributed by atoms with van der Waals surface area (Å²) in [6.45, 7) is 1.77. The van der Waals surface area contributed by atoms with Gasteiger partial charge in [-0.05, 0) is 48.4 Å². The number of benzene rings is 3. The fourth-order valence-electron chi connectivity index (χ4n) is 4.42. The highest BCUT2D eigenvalue weighted by atomic mass is 32.2. The molecule has 1 amide bonds. The Morgan fingerprint density at radius 1 is 0.921 bits per heavy atom. The van der Waals surface area contributed by atoms with Crippen molar-refractivity contribution in [1.82, 2.24) is 9.47 Å². The van der Waals surface area contributed by atoms with Crippen molar-refractivity contribution >= 4 is 51.2 Å². The van der Waals surface area contributed by atoms with E-state index in [4.69, 9.17) is 26.4 Å². The highest BCUT2D eigenvalue weighted by Gasteiger charge is 2.32. The van der Waals surface area contributed by atoms with Crippen LogP contribution in [0.1, 0.15) is 17.5 Å². The van der Waals surface area contributed by atoms with Gasteiger partial charge in [-0.3, -0.25) is 9.69 Å². The van der Waals surface area contributed by atoms with E-state index in [9.17, 15) is 4.79 Å². The van der Waals surface area contributed by atoms with Crippen molar-refractivity contribution in [1.29, 1.82) is 0 Å². The summed E-state index contributed by atoms with van der Waals surface area (Å²) in [6, 6.07) is 23.6. The summed E-state index contributed by atoms with van der Waals surface area (Å²) in [7, 11) is 3.28. The van der Waals surface area contributed by atoms with Crippen LogP contribution in [0, 0.1) is 0 Å². The number of nitrogens with zero attached hydrogens (tertiary/aromatic N) is 2. The average molecular weight is 545 g/mol. The zero-order valence-electron chi connectivity index (χ0n) is 21.3. The summed E-state index contributed by atoms with van der Waals surface area (Å²) >= 11 is 6.91. The van der Waals surface area contributed by atoms with Gasteiger partial charge in [0, 0.05) is 29.2 Å². The predicted molar refractivity (Wildman–Crippen MR) is 157 cm³/mol. The Kier molecular flexibility index (Phi) is 8.00. The first-order valence-corrected chi connectivity index (χ1v) is 13.5. The number of ether oxygens (including phenoxy) is 3. The molecule has 194 valence electrons. The van der Waals surface area contributed by atoms with Crippen LogP contribution in [0.5, 0.6) is 17.2 Å². The number of hydrogen-bond donors (Lipinski definition) is 0. The molecule has 0 saturated carbocycles. The Labute approximate surface area is 231 Å². The van der Waals surface area contributed by atoms with Crippen LogP contribution in [-0.2, 0) is 17.9 Å². The molecule has 0 unspecified atom stereocenters. The molecule has 1 fully saturated rings. The molecule has 6 nitrogen and oxygen atoms in total. The van der Waals surface area contributed by atoms with E-state index in [1.165, 1.54) is 11.8 Å². The highest BCUT2D eigenvalue weighted by Crippen LogP contribution is 2.35. The van der Waals surface area contributed by atoms with E-state index in [1.54, 1.807) is 19.1 Å². The molecule has 0 radical (unpaired) electrons. The third-order valence-electron chi connectivity index (χ3n) is 6.35. The van der Waals surface area contributed by atoms with Crippen molar-refractivity contribution in [2.45, 2.75) is 19.5 Å². The van der Waals surface area contributed by atoms with Crippen LogP contribution in [0.15, 0.2) is 83.9 Å². The average Bonchev–Trinajstić information content (AvgIpc) is 3.43. The van der Waals surface area contributed by atoms with Crippen molar-refractivity contribution in [2.24, 2.45) is 0 Å². The van der Waals surface area contributed by atoms with Gasteiger partial charge in [-0.25, -0.2) is 0 Å². The van der Waals surface area contributed by atoms with Gasteiger partial charge in [-0.1, -0.05) is 66.4 Å². The first-order valence-electron chi connectivity index (χ1n) is 12.3. The zero-order chi connectivity index (χ0) is 26.5. The summed E-state index contributed by atoms with van der Waals surface area (Å²) in [4.78, 5) is 15.6. The first kappa shape index (κ1) is 25.9. The number of para-hydroxylation sites is 3. The van der Waals surface area contributed by atoms with Crippen LogP contribution in [0.2, 0.25) is 0 Å². The minimum atomic E-state index is -0.0714. The Hall–Kier alpha value is -3.75. The van der Waals surface area contributed by atoms with E-state index >= 15 is 0 Å². The Bertz CT molecular complexity index is 1490. The van der Waals surface area contributed by atoms with Gasteiger partial charge in [-0.15, -0.1) is 0 Å². The van der Waals surface area contributed by atoms with Gasteiger partial charge in [0.1, 0.15) is 10.1 Å². The lowest BCUT2D eigenvalue weighted by atomic mass is 10.1. The largest absolute Gasteiger partial charge is 0.497 e. The van der Waals surface area contributed by atoms with Crippen LogP contribution in [0.3, 0.4) is 0 Å². The molecule has 0 aliphatic carbocycles. The smallest absolute Gasteiger partial charge is 0.266 e. The minimum absolute atomic E-state index is 0.0714. The molecule has 0 spiro atoms. The van der Waals surface area contributed by atoms with Crippen molar-refractivity contribution in [3.8, 4) is 17.2 Å². The Balaban J connectivity index is 1.30. The summed E-state index contributed by atoms with van der Waals surface area (Å²) < 4.78 is 19.3. The first-order chi connectivity index (χ1) is 18.6. The van der Waals surface area contributed by atoms with Gasteiger partial charge in [0.15, 0.2) is 11.5 Å². The normalized spacial score (nSPS) is 14.5. The third-order valence-corrected chi connectivity index (χ3v) is 7.73. The molecule has 1 aliphatic rings. The number of thioether (sulfide) groups is 1. The van der Waals surface area contributed by atoms with Gasteiger partial charge in [-0.2, -0.15) is 0 Å². The maximum absolute atomic E-state index is 13.3. The second-order valence-corrected chi connectivity index (χ2v) is 10.4. The quantitative estimate of drug-likeness (QED) is 0.129. The van der Waals surface area contributed by atoms with Gasteiger partial charge < -0.3 is 18.8 Å². The standard InChI is InChI=1S/C30H28N2O4S2/c1-34-23-14-12-21(13-15-23)19-32-29(33)28(38-30(32)37)18-22-20-31(25-9-4-3-8-24(22)25)16-7-17-36-27-11-6-5-10-26(27)35-2/h3-6,8-15,18,20H,7,16-17,19H2,1-2H3/b28-18-. The molecule has 8 heteroatoms. The topological polar surface area (TPSA) is 52.9 Å². The lowest BCUT2D eigenvalue weighted by Gasteiger charge is -2.14. The molecule has 1 aromatic heterocycles. The summed E-state index contributed by atoms with van der Waals surface area (Å²) in [5.41, 5.74) is 3.11. The number of rotatable bonds is 10. The molecule has 5 rings (SSSR count). The van der Waals surface area contributed by atoms with Gasteiger partial charge in [0.05, 0.1) is 32.3 Å². The lowest BCUT2D eigenvalue weighted by molar-refractivity contribution is -0.122. The summed E-state index contributed by atoms with van der Waals surface area (Å²) in [5.74, 6) is 2.18. The molecule has 0 bridgehead atoms. The fourth-order valence-corrected chi connectivity index (χ4v) is 5.67. The second kappa shape index (κ2) is 11.8. The van der Waals surface area contributed by atoms with E-state index in [0.717, 1.165) is 52.2 Å². The fraction of sp³-hybridized carbons (Fsp3) is 0.200. The highest BCUT2D eigenvalue weighted by molar-refractivity contribution is 8.26. The van der Waals surface area contributed by atoms with Crippen molar-refractivity contribution < 1.29 is 19.0 Å². The molecule has 1 saturated heterocycles. The van der Waals surface area contributed by atoms with Crippen LogP contribution < -0.4 is 14.2 Å². The number of hydrogen-bond acceptors (Lipinski definition) is 6. The van der Waals surface area contributed by atoms with E-state index in [0.29, 0.717) is 22.4 Å². The number of fused-ring (bicyclic) bond motifs is 1. The van der Waals surface area contributed by atoms with E-state index in [-0.39, 0.29) is 5.91 Å². The maximum Gasteiger partial charge on any atom is 0.266 e. The van der Waals surface area contributed by atoms with E-state index in [1.807, 2.05) is 66.7 Å². The molecule has 0 atom stereocenters. The van der Waals surface area contributed by atoms with Crippen molar-refractivity contribution in [2.75, 3.05) is 20.8 Å². The number of carbonyl (C=O) groups is 1. The molecular weight excluding hydrogens is 516 g/mol. The van der Waals surface area contributed by atoms with E-state index in [2.05, 4.69) is 22.9 Å². The Morgan fingerprint density at radius 2 is 1.66 bits per heavy atom. The van der Waals surface area contributed by atoms with Crippen molar-refractivity contribution in [3.05, 3.63) is 95.0 Å². The van der Waals surface area contributed by atoms with Gasteiger partial charge in [0.2, 0.25) is 0 Å². The number of amides is 1. The van der Waals surface area contributed by atoms with Crippen LogP contribution >= 0.6 is 24.0 Å². The number of thiocarbonyl (C=S) groups is 1. The van der Waals surface area contributed by atoms with Crippen molar-refractivity contribution in [3.63, 3.8) is 0 Å². The minimum Gasteiger partial charge on any atom is -0.497 e. The van der Waals surface area contributed by atoms with Gasteiger partial charge >= 0.3 is 0 Å². The summed E-state index contributed by atoms with van der Waals surface area (Å²) in [5, 5.41) is 1.10. The molecule has 38 heavy (non-hydrogen) atoms. The zero-order valence-corrected chi connectivity index (χ0v) is 22.9. The summed E-state index contributed by atoms with van der Waals surface area (Å²) in [6.07, 6.45) is 4.88. The number of aromatic nitrogens is 1. The molecular formula is C30H28N2O4S2. The second-order valence-electron chi connectivity index (χ2n) is 8.76. The molecule has 3 aromatic carbocycles. The molecule has 0 N–H and O–H groups in total. The van der Waals surface area contributed by atoms with Crippen LogP contribution in [-0.4, -0.2) is 40.5 Å². The monoisotopic (exact) mass is 544 g/mol. The van der Waals surface area contributed by atoms with E-state index < -0.39 is 0 Å². The lowest BCUT2D eigenvalue weighted by Crippen LogP contribution is -2.27. The molecule has 2 heterocycles.